The Morgan fingerprint density at radius 2 is 2.06 bits per heavy atom. The molecule has 2 nitrogen and oxygen atoms in total. The summed E-state index contributed by atoms with van der Waals surface area (Å²) >= 11 is 0. The van der Waals surface area contributed by atoms with Gasteiger partial charge < -0.3 is 5.32 Å². The van der Waals surface area contributed by atoms with Crippen molar-refractivity contribution in [3.63, 3.8) is 0 Å². The van der Waals surface area contributed by atoms with Crippen LogP contribution in [0.25, 0.3) is 0 Å². The maximum absolute atomic E-state index is 4.26. The highest BCUT2D eigenvalue weighted by atomic mass is 14.9. The van der Waals surface area contributed by atoms with Gasteiger partial charge in [-0.25, -0.2) is 0 Å². The molecule has 90 valence electrons. The summed E-state index contributed by atoms with van der Waals surface area (Å²) in [4.78, 5) is 4.26. The Bertz CT molecular complexity index is 326. The number of aromatic nitrogens is 1. The van der Waals surface area contributed by atoms with Gasteiger partial charge in [-0.2, -0.15) is 0 Å². The maximum Gasteiger partial charge on any atom is 0.0375 e. The topological polar surface area (TPSA) is 24.9 Å². The van der Waals surface area contributed by atoms with Crippen LogP contribution in [0.4, 0.5) is 0 Å². The smallest absolute Gasteiger partial charge is 0.0375 e. The molecule has 0 saturated heterocycles. The molecule has 0 aliphatic carbocycles. The Balaban J connectivity index is 2.92. The number of rotatable bonds is 4. The lowest BCUT2D eigenvalue weighted by Gasteiger charge is -2.32. The van der Waals surface area contributed by atoms with Gasteiger partial charge in [0, 0.05) is 17.9 Å². The van der Waals surface area contributed by atoms with Crippen molar-refractivity contribution in [3.05, 3.63) is 29.6 Å². The lowest BCUT2D eigenvalue weighted by Crippen LogP contribution is -2.32. The number of aryl methyl sites for hydroxylation is 1. The van der Waals surface area contributed by atoms with E-state index in [4.69, 9.17) is 0 Å². The van der Waals surface area contributed by atoms with E-state index in [-0.39, 0.29) is 5.41 Å². The van der Waals surface area contributed by atoms with E-state index >= 15 is 0 Å². The van der Waals surface area contributed by atoms with E-state index in [0.29, 0.717) is 6.04 Å². The van der Waals surface area contributed by atoms with Crippen LogP contribution in [0.15, 0.2) is 18.3 Å². The highest BCUT2D eigenvalue weighted by molar-refractivity contribution is 5.21. The summed E-state index contributed by atoms with van der Waals surface area (Å²) in [5.74, 6) is 0. The van der Waals surface area contributed by atoms with Crippen LogP contribution < -0.4 is 5.32 Å². The maximum atomic E-state index is 4.26. The SMILES string of the molecule is CCCNC(c1ccnc(C)c1)C(C)(C)C. The van der Waals surface area contributed by atoms with Gasteiger partial charge >= 0.3 is 0 Å². The summed E-state index contributed by atoms with van der Waals surface area (Å²) in [6.07, 6.45) is 3.06. The van der Waals surface area contributed by atoms with Crippen LogP contribution in [-0.4, -0.2) is 11.5 Å². The van der Waals surface area contributed by atoms with Crippen molar-refractivity contribution in [1.29, 1.82) is 0 Å². The minimum Gasteiger partial charge on any atom is -0.309 e. The first-order chi connectivity index (χ1) is 7.45. The molecule has 0 radical (unpaired) electrons. The molecule has 0 bridgehead atoms. The van der Waals surface area contributed by atoms with Crippen LogP contribution in [0.3, 0.4) is 0 Å². The zero-order valence-electron chi connectivity index (χ0n) is 11.2. The highest BCUT2D eigenvalue weighted by Crippen LogP contribution is 2.32. The Morgan fingerprint density at radius 3 is 2.56 bits per heavy atom. The summed E-state index contributed by atoms with van der Waals surface area (Å²) < 4.78 is 0. The lowest BCUT2D eigenvalue weighted by atomic mass is 9.82. The van der Waals surface area contributed by atoms with E-state index in [0.717, 1.165) is 18.7 Å². The molecular formula is C14H24N2. The Hall–Kier alpha value is -0.890. The molecular weight excluding hydrogens is 196 g/mol. The van der Waals surface area contributed by atoms with Gasteiger partial charge in [0.05, 0.1) is 0 Å². The summed E-state index contributed by atoms with van der Waals surface area (Å²) in [5.41, 5.74) is 2.65. The van der Waals surface area contributed by atoms with Gasteiger partial charge in [-0.3, -0.25) is 4.98 Å². The average Bonchev–Trinajstić information content (AvgIpc) is 2.16. The summed E-state index contributed by atoms with van der Waals surface area (Å²) in [6.45, 7) is 12.1. The van der Waals surface area contributed by atoms with Gasteiger partial charge in [-0.05, 0) is 43.0 Å². The normalized spacial score (nSPS) is 13.8. The van der Waals surface area contributed by atoms with E-state index in [1.165, 1.54) is 5.56 Å². The number of pyridine rings is 1. The highest BCUT2D eigenvalue weighted by Gasteiger charge is 2.25. The zero-order valence-corrected chi connectivity index (χ0v) is 11.2. The molecule has 1 aromatic heterocycles. The minimum absolute atomic E-state index is 0.225. The number of hydrogen-bond donors (Lipinski definition) is 1. The molecule has 16 heavy (non-hydrogen) atoms. The van der Waals surface area contributed by atoms with Crippen LogP contribution in [-0.2, 0) is 0 Å². The van der Waals surface area contributed by atoms with E-state index in [2.05, 4.69) is 50.1 Å². The molecule has 0 aliphatic rings. The quantitative estimate of drug-likeness (QED) is 0.840. The van der Waals surface area contributed by atoms with Crippen molar-refractivity contribution in [2.45, 2.75) is 47.1 Å². The van der Waals surface area contributed by atoms with Gasteiger partial charge in [0.2, 0.25) is 0 Å². The van der Waals surface area contributed by atoms with E-state index < -0.39 is 0 Å². The van der Waals surface area contributed by atoms with Crippen molar-refractivity contribution < 1.29 is 0 Å². The first kappa shape index (κ1) is 13.2. The molecule has 1 heterocycles. The lowest BCUT2D eigenvalue weighted by molar-refractivity contribution is 0.273. The standard InChI is InChI=1S/C14H24N2/c1-6-8-16-13(14(3,4)5)12-7-9-15-11(2)10-12/h7,9-10,13,16H,6,8H2,1-5H3. The average molecular weight is 220 g/mol. The van der Waals surface area contributed by atoms with Crippen molar-refractivity contribution in [3.8, 4) is 0 Å². The molecule has 2 heteroatoms. The molecule has 0 aromatic carbocycles. The molecule has 0 amide bonds. The second kappa shape index (κ2) is 5.44. The molecule has 1 atom stereocenters. The van der Waals surface area contributed by atoms with E-state index in [1.807, 2.05) is 13.1 Å². The number of hydrogen-bond acceptors (Lipinski definition) is 2. The number of nitrogens with zero attached hydrogens (tertiary/aromatic N) is 1. The van der Waals surface area contributed by atoms with Gasteiger partial charge in [-0.1, -0.05) is 27.7 Å². The molecule has 0 saturated carbocycles. The molecule has 0 aliphatic heterocycles. The summed E-state index contributed by atoms with van der Waals surface area (Å²) in [5, 5.41) is 3.63. The Morgan fingerprint density at radius 1 is 1.38 bits per heavy atom. The van der Waals surface area contributed by atoms with Gasteiger partial charge in [-0.15, -0.1) is 0 Å². The minimum atomic E-state index is 0.225. The third-order valence-corrected chi connectivity index (χ3v) is 2.72. The fourth-order valence-electron chi connectivity index (χ4n) is 1.96. The van der Waals surface area contributed by atoms with Crippen LogP contribution in [0.2, 0.25) is 0 Å². The molecule has 1 rings (SSSR count). The first-order valence-corrected chi connectivity index (χ1v) is 6.11. The second-order valence-electron chi connectivity index (χ2n) is 5.48. The molecule has 1 N–H and O–H groups in total. The predicted molar refractivity (Wildman–Crippen MR) is 69.5 cm³/mol. The van der Waals surface area contributed by atoms with Crippen molar-refractivity contribution >= 4 is 0 Å². The van der Waals surface area contributed by atoms with Crippen LogP contribution >= 0.6 is 0 Å². The van der Waals surface area contributed by atoms with Crippen LogP contribution in [0.1, 0.15) is 51.4 Å². The molecule has 1 aromatic rings. The van der Waals surface area contributed by atoms with Gasteiger partial charge in [0.25, 0.3) is 0 Å². The van der Waals surface area contributed by atoms with Crippen LogP contribution in [0.5, 0.6) is 0 Å². The Labute approximate surface area is 99.5 Å². The molecule has 0 fully saturated rings. The monoisotopic (exact) mass is 220 g/mol. The van der Waals surface area contributed by atoms with Crippen molar-refractivity contribution in [2.24, 2.45) is 5.41 Å². The fourth-order valence-corrected chi connectivity index (χ4v) is 1.96. The van der Waals surface area contributed by atoms with Crippen molar-refractivity contribution in [1.82, 2.24) is 10.3 Å². The van der Waals surface area contributed by atoms with Crippen molar-refractivity contribution in [2.75, 3.05) is 6.54 Å². The van der Waals surface area contributed by atoms with Gasteiger partial charge in [0.1, 0.15) is 0 Å². The third-order valence-electron chi connectivity index (χ3n) is 2.72. The zero-order chi connectivity index (χ0) is 12.2. The van der Waals surface area contributed by atoms with Gasteiger partial charge in [0.15, 0.2) is 0 Å². The summed E-state index contributed by atoms with van der Waals surface area (Å²) in [7, 11) is 0. The third kappa shape index (κ3) is 3.60. The predicted octanol–water partition coefficient (Wildman–Crippen LogP) is 3.48. The fraction of sp³-hybridized carbons (Fsp3) is 0.643. The number of nitrogens with one attached hydrogen (secondary N) is 1. The van der Waals surface area contributed by atoms with E-state index in [1.54, 1.807) is 0 Å². The Kier molecular flexibility index (Phi) is 4.48. The largest absolute Gasteiger partial charge is 0.309 e. The van der Waals surface area contributed by atoms with Crippen LogP contribution in [0, 0.1) is 12.3 Å². The summed E-state index contributed by atoms with van der Waals surface area (Å²) in [6, 6.07) is 4.69. The molecule has 0 spiro atoms. The van der Waals surface area contributed by atoms with E-state index in [9.17, 15) is 0 Å². The molecule has 1 unspecified atom stereocenters. The first-order valence-electron chi connectivity index (χ1n) is 6.11. The second-order valence-corrected chi connectivity index (χ2v) is 5.48.